The smallest absolute Gasteiger partial charge is 0.267 e. The van der Waals surface area contributed by atoms with Crippen molar-refractivity contribution >= 4 is 44.6 Å². The first-order valence-corrected chi connectivity index (χ1v) is 10.3. The number of thiophene rings is 1. The number of ketones is 1. The Hall–Kier alpha value is -2.98. The molecule has 3 aromatic rings. The van der Waals surface area contributed by atoms with Gasteiger partial charge in [-0.05, 0) is 63.0 Å². The van der Waals surface area contributed by atoms with Crippen LogP contribution in [-0.2, 0) is 10.0 Å². The molecule has 0 saturated carbocycles. The number of carbonyl (C=O) groups is 2. The summed E-state index contributed by atoms with van der Waals surface area (Å²) >= 11 is 0.411. The molecule has 2 heterocycles. The molecule has 0 fully saturated rings. The lowest BCUT2D eigenvalue weighted by molar-refractivity contribution is 0.101. The molecule has 158 valence electrons. The van der Waals surface area contributed by atoms with Crippen molar-refractivity contribution in [3.8, 4) is 0 Å². The summed E-state index contributed by atoms with van der Waals surface area (Å²) in [5.74, 6) is -3.73. The zero-order chi connectivity index (χ0) is 33.2. The number of anilines is 2. The lowest BCUT2D eigenvalue weighted by atomic mass is 10.0. The van der Waals surface area contributed by atoms with Crippen molar-refractivity contribution < 1.29 is 40.4 Å². The Bertz CT molecular complexity index is 1720. The van der Waals surface area contributed by atoms with Gasteiger partial charge in [-0.2, -0.15) is 0 Å². The Morgan fingerprint density at radius 1 is 1.30 bits per heavy atom. The Kier molecular flexibility index (Phi) is 2.78. The third-order valence-electron chi connectivity index (χ3n) is 3.69. The standard InChI is InChI=1S/C20H21N3O5S2/c1-10-8-11(2)17(15(9-10)14(5)24)21-19(25)18-16(6-7-29-18)30(26,27)23-20-12(3)13(4)22-28-20/h6-9,23H,1-5H3,(H,21,25)/i1D3,2D3,3D3,8D,9D/hD2. The molecule has 0 aliphatic heterocycles. The van der Waals surface area contributed by atoms with Crippen molar-refractivity contribution in [3.63, 3.8) is 0 Å². The van der Waals surface area contributed by atoms with E-state index >= 15 is 0 Å². The number of hydrogen-bond donors (Lipinski definition) is 2. The van der Waals surface area contributed by atoms with Gasteiger partial charge in [0.25, 0.3) is 15.9 Å². The van der Waals surface area contributed by atoms with Crippen LogP contribution in [0.4, 0.5) is 11.6 Å². The highest BCUT2D eigenvalue weighted by Crippen LogP contribution is 2.29. The molecule has 0 radical (unpaired) electrons. The zero-order valence-electron chi connectivity index (χ0n) is 28.4. The van der Waals surface area contributed by atoms with Gasteiger partial charge in [-0.15, -0.1) is 11.3 Å². The molecule has 0 aliphatic rings. The Balaban J connectivity index is 2.28. The van der Waals surface area contributed by atoms with Crippen LogP contribution in [0.1, 0.15) is 64.4 Å². The van der Waals surface area contributed by atoms with Crippen LogP contribution in [0.25, 0.3) is 0 Å². The number of amides is 1. The van der Waals surface area contributed by atoms with Gasteiger partial charge in [0.2, 0.25) is 5.88 Å². The van der Waals surface area contributed by atoms with Crippen LogP contribution in [0.5, 0.6) is 0 Å². The molecule has 3 rings (SSSR count). The molecular formula is C20H21N3O5S2. The molecule has 0 atom stereocenters. The number of nitrogens with zero attached hydrogens (tertiary/aromatic N) is 1. The maximum Gasteiger partial charge on any atom is 0.267 e. The summed E-state index contributed by atoms with van der Waals surface area (Å²) in [6.07, 6.45) is 0. The average molecular weight is 461 g/mol. The molecule has 8 nitrogen and oxygen atoms in total. The van der Waals surface area contributed by atoms with Crippen molar-refractivity contribution in [1.82, 2.24) is 5.16 Å². The average Bonchev–Trinajstić information content (AvgIpc) is 3.47. The van der Waals surface area contributed by atoms with Gasteiger partial charge in [0.1, 0.15) is 9.77 Å². The largest absolute Gasteiger partial charge is 0.337 e. The number of aromatic nitrogens is 1. The second-order valence-corrected chi connectivity index (χ2v) is 8.31. The molecule has 0 saturated heterocycles. The molecule has 10 heteroatoms. The molecule has 1 aromatic carbocycles. The van der Waals surface area contributed by atoms with Crippen molar-refractivity contribution in [1.29, 1.82) is 0 Å². The fourth-order valence-electron chi connectivity index (χ4n) is 2.28. The van der Waals surface area contributed by atoms with Crippen LogP contribution in [0.2, 0.25) is 2.82 Å². The molecule has 2 aromatic heterocycles. The highest BCUT2D eigenvalue weighted by Gasteiger charge is 2.27. The van der Waals surface area contributed by atoms with E-state index in [1.165, 1.54) is 6.92 Å². The van der Waals surface area contributed by atoms with Crippen LogP contribution in [-0.4, -0.2) is 25.3 Å². The third kappa shape index (κ3) is 4.14. The number of nitrogens with one attached hydrogen (secondary N) is 2. The van der Waals surface area contributed by atoms with Crippen LogP contribution in [0.3, 0.4) is 0 Å². The van der Waals surface area contributed by atoms with Crippen LogP contribution in [0.15, 0.2) is 32.9 Å². The number of carbonyl (C=O) groups excluding carboxylic acids is 2. The first-order chi connectivity index (χ1) is 19.4. The third-order valence-corrected chi connectivity index (χ3v) is 6.02. The summed E-state index contributed by atoms with van der Waals surface area (Å²) in [6, 6.07) is -1.54. The van der Waals surface area contributed by atoms with E-state index in [2.05, 4.69) is 5.16 Å². The normalized spacial score (nSPS) is 18.9. The lowest BCUT2D eigenvalue weighted by Crippen LogP contribution is -2.20. The molecule has 1 amide bonds. The van der Waals surface area contributed by atoms with Gasteiger partial charge < -0.3 is 9.83 Å². The Labute approximate surface area is 196 Å². The van der Waals surface area contributed by atoms with Gasteiger partial charge in [-0.3, -0.25) is 9.59 Å². The van der Waals surface area contributed by atoms with Gasteiger partial charge in [-0.25, -0.2) is 13.1 Å². The molecule has 0 bridgehead atoms. The van der Waals surface area contributed by atoms with E-state index in [0.717, 1.165) is 18.4 Å². The summed E-state index contributed by atoms with van der Waals surface area (Å²) in [6.45, 7) is -7.60. The molecule has 2 N–H and O–H groups in total. The number of aryl methyl sites for hydroxylation is 1. The van der Waals surface area contributed by atoms with E-state index in [1.54, 1.807) is 0 Å². The van der Waals surface area contributed by atoms with Crippen molar-refractivity contribution in [2.75, 3.05) is 10.0 Å². The molecule has 30 heavy (non-hydrogen) atoms. The minimum absolute atomic E-state index is 0.233. The van der Waals surface area contributed by atoms with E-state index in [-0.39, 0.29) is 15.7 Å². The predicted molar refractivity (Wildman–Crippen MR) is 115 cm³/mol. The van der Waals surface area contributed by atoms with Gasteiger partial charge in [0.05, 0.1) is 14.1 Å². The summed E-state index contributed by atoms with van der Waals surface area (Å²) in [4.78, 5) is 24.4. The lowest BCUT2D eigenvalue weighted by Gasteiger charge is -2.14. The topological polar surface area (TPSA) is 118 Å². The summed E-state index contributed by atoms with van der Waals surface area (Å²) < 4.78 is 134. The van der Waals surface area contributed by atoms with E-state index in [4.69, 9.17) is 22.4 Å². The van der Waals surface area contributed by atoms with Gasteiger partial charge >= 0.3 is 0 Å². The first-order valence-electron chi connectivity index (χ1n) is 14.4. The second-order valence-electron chi connectivity index (χ2n) is 5.83. The number of rotatable bonds is 6. The number of hydrogen-bond acceptors (Lipinski definition) is 7. The maximum absolute atomic E-state index is 13.6. The van der Waals surface area contributed by atoms with Crippen LogP contribution >= 0.6 is 11.3 Å². The molecule has 0 spiro atoms. The number of Topliss-reactive ketones (excluding diaryl/α,β-unsaturated/α-hetero) is 1. The van der Waals surface area contributed by atoms with Gasteiger partial charge in [-0.1, -0.05) is 11.2 Å². The molecule has 0 aliphatic carbocycles. The monoisotopic (exact) mass is 460 g/mol. The van der Waals surface area contributed by atoms with E-state index in [0.29, 0.717) is 11.3 Å². The van der Waals surface area contributed by atoms with E-state index in [1.807, 2.05) is 0 Å². The highest BCUT2D eigenvalue weighted by atomic mass is 32.2. The predicted octanol–water partition coefficient (Wildman–Crippen LogP) is 4.23. The zero-order valence-corrected chi connectivity index (χ0v) is 17.0. The highest BCUT2D eigenvalue weighted by molar-refractivity contribution is 7.93. The van der Waals surface area contributed by atoms with Crippen LogP contribution in [0, 0.1) is 27.5 Å². The quantitative estimate of drug-likeness (QED) is 0.532. The summed E-state index contributed by atoms with van der Waals surface area (Å²) in [7, 11) is -5.15. The fourth-order valence-corrected chi connectivity index (χ4v) is 4.50. The van der Waals surface area contributed by atoms with Crippen molar-refractivity contribution in [3.05, 3.63) is 56.4 Å². The Morgan fingerprint density at radius 2 is 2.10 bits per heavy atom. The second kappa shape index (κ2) is 8.04. The van der Waals surface area contributed by atoms with Gasteiger partial charge in [0, 0.05) is 23.5 Å². The number of sulfonamides is 1. The fraction of sp³-hybridized carbons (Fsp3) is 0.250. The summed E-state index contributed by atoms with van der Waals surface area (Å²) in [5, 5.41) is 4.22. The molecular weight excluding hydrogens is 426 g/mol. The van der Waals surface area contributed by atoms with Crippen LogP contribution < -0.4 is 10.0 Å². The minimum Gasteiger partial charge on any atom is -0.337 e. The maximum atomic E-state index is 13.6. The first kappa shape index (κ1) is 10.4. The van der Waals surface area contributed by atoms with Gasteiger partial charge in [0.15, 0.2) is 8.61 Å². The van der Waals surface area contributed by atoms with Crippen molar-refractivity contribution in [2.24, 2.45) is 0 Å². The summed E-state index contributed by atoms with van der Waals surface area (Å²) in [5.41, 5.74) is -5.39. The minimum atomic E-state index is -5.15. The number of benzene rings is 1. The molecule has 0 unspecified atom stereocenters. The van der Waals surface area contributed by atoms with E-state index < -0.39 is 98.0 Å². The SMILES string of the molecule is [2H]c1c(C(C)=O)c(N([2H])C(=O)c2sccc2S(=O)(=O)N([2H])c2onc(C)c2C([2H])([2H])[2H])c(C([2H])([2H])[2H])c([2H])c1C([2H])([2H])[2H]. The Morgan fingerprint density at radius 3 is 2.77 bits per heavy atom. The van der Waals surface area contributed by atoms with E-state index in [9.17, 15) is 18.0 Å². The van der Waals surface area contributed by atoms with Crippen molar-refractivity contribution in [2.45, 2.75) is 39.3 Å².